The third kappa shape index (κ3) is 5.32. The molecule has 0 aliphatic carbocycles. The Morgan fingerprint density at radius 1 is 1.53 bits per heavy atom. The van der Waals surface area contributed by atoms with Crippen molar-refractivity contribution < 1.29 is 13.2 Å². The molecule has 1 aliphatic heterocycles. The molecule has 6 heteroatoms. The number of amides is 1. The van der Waals surface area contributed by atoms with Crippen LogP contribution < -0.4 is 10.6 Å². The van der Waals surface area contributed by atoms with Crippen LogP contribution in [0.25, 0.3) is 0 Å². The molecule has 0 radical (unpaired) electrons. The van der Waals surface area contributed by atoms with Gasteiger partial charge in [-0.25, -0.2) is 8.42 Å². The Labute approximate surface area is 103 Å². The predicted molar refractivity (Wildman–Crippen MR) is 67.4 cm³/mol. The van der Waals surface area contributed by atoms with E-state index in [-0.39, 0.29) is 35.9 Å². The van der Waals surface area contributed by atoms with Gasteiger partial charge in [-0.05, 0) is 5.92 Å². The van der Waals surface area contributed by atoms with Crippen LogP contribution in [-0.2, 0) is 14.6 Å². The summed E-state index contributed by atoms with van der Waals surface area (Å²) in [5.41, 5.74) is 0. The van der Waals surface area contributed by atoms with Crippen molar-refractivity contribution in [1.29, 1.82) is 0 Å². The predicted octanol–water partition coefficient (Wildman–Crippen LogP) is -0.299. The van der Waals surface area contributed by atoms with E-state index < -0.39 is 9.84 Å². The normalized spacial score (nSPS) is 19.8. The average molecular weight is 260 g/mol. The highest BCUT2D eigenvalue weighted by Crippen LogP contribution is 2.00. The lowest BCUT2D eigenvalue weighted by Gasteiger charge is -2.11. The van der Waals surface area contributed by atoms with Crippen LogP contribution in [0.4, 0.5) is 0 Å². The molecule has 1 unspecified atom stereocenters. The van der Waals surface area contributed by atoms with Crippen LogP contribution in [0.5, 0.6) is 0 Å². The Morgan fingerprint density at radius 2 is 2.24 bits per heavy atom. The second kappa shape index (κ2) is 6.16. The molecule has 1 heterocycles. The molecule has 0 saturated carbocycles. The summed E-state index contributed by atoms with van der Waals surface area (Å²) in [7, 11) is -3.05. The summed E-state index contributed by atoms with van der Waals surface area (Å²) in [6, 6.07) is -0.317. The zero-order valence-corrected chi connectivity index (χ0v) is 11.1. The van der Waals surface area contributed by atoms with E-state index in [1.807, 2.05) is 19.9 Å². The second-order valence-corrected chi connectivity index (χ2v) is 6.84. The first-order valence-corrected chi connectivity index (χ1v) is 7.61. The Bertz CT molecular complexity index is 388. The van der Waals surface area contributed by atoms with Crippen LogP contribution in [0, 0.1) is 5.92 Å². The molecule has 1 atom stereocenters. The van der Waals surface area contributed by atoms with Crippen LogP contribution in [-0.4, -0.2) is 45.0 Å². The maximum Gasteiger partial charge on any atom is 0.241 e. The van der Waals surface area contributed by atoms with Gasteiger partial charge in [0.15, 0.2) is 9.84 Å². The largest absolute Gasteiger partial charge is 0.353 e. The number of hydrogen-bond donors (Lipinski definition) is 2. The fourth-order valence-corrected chi connectivity index (χ4v) is 3.27. The molecule has 17 heavy (non-hydrogen) atoms. The molecule has 0 aromatic carbocycles. The molecular weight excluding hydrogens is 240 g/mol. The molecule has 2 N–H and O–H groups in total. The van der Waals surface area contributed by atoms with Gasteiger partial charge >= 0.3 is 0 Å². The first-order valence-electron chi connectivity index (χ1n) is 5.79. The van der Waals surface area contributed by atoms with Crippen LogP contribution >= 0.6 is 0 Å². The summed E-state index contributed by atoms with van der Waals surface area (Å²) in [4.78, 5) is 11.5. The van der Waals surface area contributed by atoms with Crippen molar-refractivity contribution in [2.24, 2.45) is 5.92 Å². The summed E-state index contributed by atoms with van der Waals surface area (Å²) in [6.45, 7) is 4.59. The smallest absolute Gasteiger partial charge is 0.241 e. The minimum absolute atomic E-state index is 0.00730. The summed E-state index contributed by atoms with van der Waals surface area (Å²) >= 11 is 0. The van der Waals surface area contributed by atoms with E-state index in [9.17, 15) is 13.2 Å². The molecule has 5 nitrogen and oxygen atoms in total. The highest BCUT2D eigenvalue weighted by atomic mass is 32.2. The molecule has 0 spiro atoms. The summed E-state index contributed by atoms with van der Waals surface area (Å²) in [5, 5.41) is 5.59. The van der Waals surface area contributed by atoms with Gasteiger partial charge in [0.2, 0.25) is 5.91 Å². The molecule has 1 rings (SSSR count). The van der Waals surface area contributed by atoms with Gasteiger partial charge in [0, 0.05) is 13.1 Å². The van der Waals surface area contributed by atoms with Crippen molar-refractivity contribution >= 4 is 15.7 Å². The van der Waals surface area contributed by atoms with Gasteiger partial charge in [-0.3, -0.25) is 10.1 Å². The quantitative estimate of drug-likeness (QED) is 0.643. The number of rotatable bonds is 6. The van der Waals surface area contributed by atoms with Gasteiger partial charge in [0.1, 0.15) is 6.04 Å². The van der Waals surface area contributed by atoms with Gasteiger partial charge in [0.05, 0.1) is 11.5 Å². The third-order valence-corrected chi connectivity index (χ3v) is 4.37. The second-order valence-electron chi connectivity index (χ2n) is 4.61. The topological polar surface area (TPSA) is 75.3 Å². The number of hydrogen-bond acceptors (Lipinski definition) is 4. The van der Waals surface area contributed by atoms with Gasteiger partial charge in [0.25, 0.3) is 0 Å². The van der Waals surface area contributed by atoms with Crippen LogP contribution in [0.1, 0.15) is 13.8 Å². The van der Waals surface area contributed by atoms with Crippen molar-refractivity contribution in [3.05, 3.63) is 12.2 Å². The highest BCUT2D eigenvalue weighted by Gasteiger charge is 2.18. The lowest BCUT2D eigenvalue weighted by atomic mass is 10.3. The van der Waals surface area contributed by atoms with Crippen molar-refractivity contribution in [2.75, 3.05) is 24.6 Å². The monoisotopic (exact) mass is 260 g/mol. The Kier molecular flexibility index (Phi) is 5.14. The maximum absolute atomic E-state index is 11.6. The zero-order valence-electron chi connectivity index (χ0n) is 10.3. The number of carbonyl (C=O) groups excluding carboxylic acids is 1. The van der Waals surface area contributed by atoms with Crippen LogP contribution in [0.15, 0.2) is 12.2 Å². The first kappa shape index (κ1) is 14.2. The SMILES string of the molecule is CC(C)CS(=O)(=O)CCNC(=O)C1C=CCN1. The van der Waals surface area contributed by atoms with Crippen molar-refractivity contribution in [2.45, 2.75) is 19.9 Å². The van der Waals surface area contributed by atoms with E-state index in [4.69, 9.17) is 0 Å². The maximum atomic E-state index is 11.6. The lowest BCUT2D eigenvalue weighted by Crippen LogP contribution is -2.42. The van der Waals surface area contributed by atoms with E-state index in [0.29, 0.717) is 6.54 Å². The molecule has 0 aromatic rings. The number of carbonyl (C=O) groups is 1. The van der Waals surface area contributed by atoms with E-state index in [2.05, 4.69) is 10.6 Å². The molecular formula is C11H20N2O3S. The van der Waals surface area contributed by atoms with E-state index in [0.717, 1.165) is 0 Å². The highest BCUT2D eigenvalue weighted by molar-refractivity contribution is 7.91. The molecule has 98 valence electrons. The minimum Gasteiger partial charge on any atom is -0.353 e. The van der Waals surface area contributed by atoms with E-state index >= 15 is 0 Å². The fraction of sp³-hybridized carbons (Fsp3) is 0.727. The fourth-order valence-electron chi connectivity index (χ4n) is 1.68. The number of nitrogens with one attached hydrogen (secondary N) is 2. The third-order valence-electron chi connectivity index (χ3n) is 2.37. The first-order chi connectivity index (χ1) is 7.91. The zero-order chi connectivity index (χ0) is 12.9. The minimum atomic E-state index is -3.05. The summed E-state index contributed by atoms with van der Waals surface area (Å²) in [6.07, 6.45) is 3.65. The average Bonchev–Trinajstić information content (AvgIpc) is 2.67. The van der Waals surface area contributed by atoms with Crippen LogP contribution in [0.3, 0.4) is 0 Å². The van der Waals surface area contributed by atoms with Crippen molar-refractivity contribution in [3.63, 3.8) is 0 Å². The van der Waals surface area contributed by atoms with Gasteiger partial charge in [-0.15, -0.1) is 0 Å². The molecule has 0 bridgehead atoms. The van der Waals surface area contributed by atoms with E-state index in [1.165, 1.54) is 0 Å². The van der Waals surface area contributed by atoms with E-state index in [1.54, 1.807) is 6.08 Å². The molecule has 0 aromatic heterocycles. The molecule has 1 aliphatic rings. The van der Waals surface area contributed by atoms with Gasteiger partial charge in [-0.1, -0.05) is 26.0 Å². The molecule has 0 saturated heterocycles. The van der Waals surface area contributed by atoms with Gasteiger partial charge in [-0.2, -0.15) is 0 Å². The molecule has 0 fully saturated rings. The Hall–Kier alpha value is -0.880. The summed E-state index contributed by atoms with van der Waals surface area (Å²) in [5.74, 6) is 0.131. The standard InChI is InChI=1S/C11H20N2O3S/c1-9(2)8-17(15,16)7-6-13-11(14)10-4-3-5-12-10/h3-4,9-10,12H,5-8H2,1-2H3,(H,13,14). The van der Waals surface area contributed by atoms with Crippen molar-refractivity contribution in [1.82, 2.24) is 10.6 Å². The molecule has 1 amide bonds. The van der Waals surface area contributed by atoms with Gasteiger partial charge < -0.3 is 5.32 Å². The van der Waals surface area contributed by atoms with Crippen LogP contribution in [0.2, 0.25) is 0 Å². The Balaban J connectivity index is 2.27. The summed E-state index contributed by atoms with van der Waals surface area (Å²) < 4.78 is 23.1. The number of sulfone groups is 1. The van der Waals surface area contributed by atoms with Crippen molar-refractivity contribution in [3.8, 4) is 0 Å². The lowest BCUT2D eigenvalue weighted by molar-refractivity contribution is -0.121. The Morgan fingerprint density at radius 3 is 2.76 bits per heavy atom.